The molecule has 0 bridgehead atoms. The Labute approximate surface area is 146 Å². The number of hydrogen-bond donors (Lipinski definition) is 1. The highest BCUT2D eigenvalue weighted by Gasteiger charge is 2.24. The molecular weight excluding hydrogens is 314 g/mol. The lowest BCUT2D eigenvalue weighted by atomic mass is 10.1. The van der Waals surface area contributed by atoms with Gasteiger partial charge >= 0.3 is 0 Å². The Kier molecular flexibility index (Phi) is 4.81. The van der Waals surface area contributed by atoms with Crippen LogP contribution < -0.4 is 5.32 Å². The summed E-state index contributed by atoms with van der Waals surface area (Å²) in [6.45, 7) is 2.94. The summed E-state index contributed by atoms with van der Waals surface area (Å²) < 4.78 is 7.90. The number of pyridine rings is 2. The molecule has 0 saturated carbocycles. The summed E-state index contributed by atoms with van der Waals surface area (Å²) in [5, 5.41) is 8.20. The minimum atomic E-state index is -0.00889. The molecule has 0 radical (unpaired) electrons. The molecule has 0 spiro atoms. The number of nitrogens with zero attached hydrogens (tertiary/aromatic N) is 4. The number of hydrogen-bond acceptors (Lipinski definition) is 5. The Hall–Kier alpha value is -2.57. The predicted octanol–water partition coefficient (Wildman–Crippen LogP) is 2.12. The number of aromatic nitrogens is 4. The zero-order chi connectivity index (χ0) is 16.9. The highest BCUT2D eigenvalue weighted by atomic mass is 16.5. The highest BCUT2D eigenvalue weighted by molar-refractivity contribution is 5.23. The van der Waals surface area contributed by atoms with E-state index in [4.69, 9.17) is 9.84 Å². The number of nitrogens with one attached hydrogen (secondary N) is 1. The minimum absolute atomic E-state index is 0.00889. The van der Waals surface area contributed by atoms with Gasteiger partial charge in [-0.25, -0.2) is 0 Å². The van der Waals surface area contributed by atoms with E-state index in [1.54, 1.807) is 6.20 Å². The fraction of sp³-hybridized carbons (Fsp3) is 0.316. The van der Waals surface area contributed by atoms with E-state index in [0.717, 1.165) is 37.5 Å². The van der Waals surface area contributed by atoms with Crippen LogP contribution in [0, 0.1) is 0 Å². The van der Waals surface area contributed by atoms with Crippen LogP contribution in [0.15, 0.2) is 55.1 Å². The number of ether oxygens (including phenoxy) is 1. The molecule has 1 aliphatic heterocycles. The van der Waals surface area contributed by atoms with Crippen molar-refractivity contribution in [2.75, 3.05) is 13.2 Å². The van der Waals surface area contributed by atoms with Crippen LogP contribution in [-0.2, 0) is 24.2 Å². The molecule has 0 amide bonds. The molecule has 0 fully saturated rings. The molecule has 0 unspecified atom stereocenters. The smallest absolute Gasteiger partial charge is 0.114 e. The van der Waals surface area contributed by atoms with Gasteiger partial charge in [0.05, 0.1) is 24.5 Å². The van der Waals surface area contributed by atoms with Gasteiger partial charge in [-0.3, -0.25) is 14.6 Å². The van der Waals surface area contributed by atoms with Crippen molar-refractivity contribution >= 4 is 0 Å². The van der Waals surface area contributed by atoms with E-state index >= 15 is 0 Å². The maximum Gasteiger partial charge on any atom is 0.114 e. The Morgan fingerprint density at radius 3 is 3.04 bits per heavy atom. The maximum atomic E-state index is 5.94. The number of rotatable bonds is 6. The quantitative estimate of drug-likeness (QED) is 0.747. The fourth-order valence-electron chi connectivity index (χ4n) is 3.08. The zero-order valence-corrected chi connectivity index (χ0v) is 14.0. The van der Waals surface area contributed by atoms with Crippen LogP contribution in [0.3, 0.4) is 0 Å². The van der Waals surface area contributed by atoms with Crippen LogP contribution in [0.1, 0.15) is 28.6 Å². The van der Waals surface area contributed by atoms with Gasteiger partial charge in [-0.2, -0.15) is 5.10 Å². The van der Waals surface area contributed by atoms with Crippen LogP contribution >= 0.6 is 0 Å². The summed E-state index contributed by atoms with van der Waals surface area (Å²) in [5.74, 6) is 0. The predicted molar refractivity (Wildman–Crippen MR) is 93.9 cm³/mol. The summed E-state index contributed by atoms with van der Waals surface area (Å²) >= 11 is 0. The molecule has 3 aromatic rings. The van der Waals surface area contributed by atoms with Crippen molar-refractivity contribution in [3.05, 3.63) is 77.6 Å². The zero-order valence-electron chi connectivity index (χ0n) is 14.0. The SMILES string of the molecule is c1ccc(Cn2cc3c(n2)[C@H](CNCc2cccnc2)OCC3)nc1. The second-order valence-electron chi connectivity index (χ2n) is 6.16. The molecule has 1 aliphatic rings. The maximum absolute atomic E-state index is 5.94. The van der Waals surface area contributed by atoms with Gasteiger partial charge in [0, 0.05) is 37.9 Å². The lowest BCUT2D eigenvalue weighted by molar-refractivity contribution is 0.0393. The fourth-order valence-corrected chi connectivity index (χ4v) is 3.08. The van der Waals surface area contributed by atoms with E-state index in [1.807, 2.05) is 41.3 Å². The highest BCUT2D eigenvalue weighted by Crippen LogP contribution is 2.25. The van der Waals surface area contributed by atoms with Crippen molar-refractivity contribution in [2.45, 2.75) is 25.6 Å². The van der Waals surface area contributed by atoms with Gasteiger partial charge in [0.15, 0.2) is 0 Å². The third-order valence-corrected chi connectivity index (χ3v) is 4.30. The first-order valence-corrected chi connectivity index (χ1v) is 8.56. The van der Waals surface area contributed by atoms with Crippen molar-refractivity contribution < 1.29 is 4.74 Å². The average Bonchev–Trinajstić information content (AvgIpc) is 3.07. The lowest BCUT2D eigenvalue weighted by Crippen LogP contribution is -2.27. The normalized spacial score (nSPS) is 16.6. The van der Waals surface area contributed by atoms with Crippen LogP contribution in [-0.4, -0.2) is 32.9 Å². The Bertz CT molecular complexity index is 803. The first kappa shape index (κ1) is 15.9. The van der Waals surface area contributed by atoms with Crippen molar-refractivity contribution in [1.82, 2.24) is 25.1 Å². The van der Waals surface area contributed by atoms with Gasteiger partial charge in [0.2, 0.25) is 0 Å². The first-order chi connectivity index (χ1) is 12.4. The van der Waals surface area contributed by atoms with Crippen LogP contribution in [0.5, 0.6) is 0 Å². The summed E-state index contributed by atoms with van der Waals surface area (Å²) in [6.07, 6.45) is 8.51. The van der Waals surface area contributed by atoms with Crippen molar-refractivity contribution in [3.63, 3.8) is 0 Å². The van der Waals surface area contributed by atoms with E-state index in [2.05, 4.69) is 27.5 Å². The Morgan fingerprint density at radius 1 is 1.20 bits per heavy atom. The number of fused-ring (bicyclic) bond motifs is 1. The van der Waals surface area contributed by atoms with E-state index in [-0.39, 0.29) is 6.10 Å². The molecular formula is C19H21N5O. The summed E-state index contributed by atoms with van der Waals surface area (Å²) in [4.78, 5) is 8.51. The van der Waals surface area contributed by atoms with E-state index in [9.17, 15) is 0 Å². The molecule has 0 aliphatic carbocycles. The standard InChI is InChI=1S/C19H21N5O/c1-2-8-22-17(5-1)14-24-13-16-6-9-25-18(19(16)23-24)12-21-11-15-4-3-7-20-10-15/h1-5,7-8,10,13,18,21H,6,9,11-12,14H2/t18-/m0/s1. The van der Waals surface area contributed by atoms with Gasteiger partial charge < -0.3 is 10.1 Å². The van der Waals surface area contributed by atoms with Gasteiger partial charge in [-0.1, -0.05) is 12.1 Å². The van der Waals surface area contributed by atoms with E-state index < -0.39 is 0 Å². The van der Waals surface area contributed by atoms with Gasteiger partial charge in [-0.15, -0.1) is 0 Å². The Morgan fingerprint density at radius 2 is 2.20 bits per heavy atom. The first-order valence-electron chi connectivity index (χ1n) is 8.56. The summed E-state index contributed by atoms with van der Waals surface area (Å²) in [6, 6.07) is 9.96. The molecule has 25 heavy (non-hydrogen) atoms. The van der Waals surface area contributed by atoms with Gasteiger partial charge in [0.25, 0.3) is 0 Å². The van der Waals surface area contributed by atoms with Crippen LogP contribution in [0.4, 0.5) is 0 Å². The van der Waals surface area contributed by atoms with Crippen LogP contribution in [0.2, 0.25) is 0 Å². The van der Waals surface area contributed by atoms with E-state index in [0.29, 0.717) is 6.54 Å². The molecule has 4 heterocycles. The van der Waals surface area contributed by atoms with Crippen molar-refractivity contribution in [2.24, 2.45) is 0 Å². The Balaban J connectivity index is 1.41. The molecule has 4 rings (SSSR count). The third kappa shape index (κ3) is 3.92. The minimum Gasteiger partial charge on any atom is -0.370 e. The lowest BCUT2D eigenvalue weighted by Gasteiger charge is -2.22. The van der Waals surface area contributed by atoms with Gasteiger partial charge in [0.1, 0.15) is 6.10 Å². The summed E-state index contributed by atoms with van der Waals surface area (Å²) in [5.41, 5.74) is 4.49. The molecule has 0 saturated heterocycles. The van der Waals surface area contributed by atoms with E-state index in [1.165, 1.54) is 11.1 Å². The molecule has 6 heteroatoms. The third-order valence-electron chi connectivity index (χ3n) is 4.30. The van der Waals surface area contributed by atoms with Crippen LogP contribution in [0.25, 0.3) is 0 Å². The monoisotopic (exact) mass is 335 g/mol. The molecule has 6 nitrogen and oxygen atoms in total. The molecule has 1 atom stereocenters. The van der Waals surface area contributed by atoms with Crippen molar-refractivity contribution in [1.29, 1.82) is 0 Å². The molecule has 0 aromatic carbocycles. The topological polar surface area (TPSA) is 64.9 Å². The average molecular weight is 335 g/mol. The largest absolute Gasteiger partial charge is 0.370 e. The van der Waals surface area contributed by atoms with Gasteiger partial charge in [-0.05, 0) is 35.7 Å². The second-order valence-corrected chi connectivity index (χ2v) is 6.16. The summed E-state index contributed by atoms with van der Waals surface area (Å²) in [7, 11) is 0. The molecule has 128 valence electrons. The van der Waals surface area contributed by atoms with Crippen molar-refractivity contribution in [3.8, 4) is 0 Å². The second kappa shape index (κ2) is 7.55. The molecule has 3 aromatic heterocycles. The molecule has 1 N–H and O–H groups in total.